The fourth-order valence-corrected chi connectivity index (χ4v) is 3.49. The number of benzene rings is 1. The summed E-state index contributed by atoms with van der Waals surface area (Å²) >= 11 is 1.55. The standard InChI is InChI=1S/C16H14N4O2S/c17-8-11-3-5-12(6-4-11)19-15(21)14-9-23-10-20(14)16(22)13-2-1-7-18-13/h1-7,14,18H,9-10H2,(H,19,21)/t14-/m0/s1. The predicted octanol–water partition coefficient (Wildman–Crippen LogP) is 2.04. The number of anilines is 1. The highest BCUT2D eigenvalue weighted by molar-refractivity contribution is 7.99. The zero-order valence-electron chi connectivity index (χ0n) is 12.2. The molecule has 0 spiro atoms. The number of hydrogen-bond donors (Lipinski definition) is 2. The lowest BCUT2D eigenvalue weighted by Gasteiger charge is -2.22. The molecule has 1 saturated heterocycles. The van der Waals surface area contributed by atoms with Crippen molar-refractivity contribution < 1.29 is 9.59 Å². The van der Waals surface area contributed by atoms with Gasteiger partial charge in [0.25, 0.3) is 5.91 Å². The molecule has 0 radical (unpaired) electrons. The molecule has 1 aliphatic rings. The molecule has 0 aliphatic carbocycles. The van der Waals surface area contributed by atoms with Crippen molar-refractivity contribution in [3.63, 3.8) is 0 Å². The van der Waals surface area contributed by atoms with Gasteiger partial charge in [-0.05, 0) is 36.4 Å². The zero-order chi connectivity index (χ0) is 16.2. The Morgan fingerprint density at radius 2 is 2.09 bits per heavy atom. The van der Waals surface area contributed by atoms with Crippen LogP contribution >= 0.6 is 11.8 Å². The van der Waals surface area contributed by atoms with Crippen LogP contribution in [-0.4, -0.2) is 39.4 Å². The maximum atomic E-state index is 12.5. The summed E-state index contributed by atoms with van der Waals surface area (Å²) < 4.78 is 0. The number of carbonyl (C=O) groups excluding carboxylic acids is 2. The summed E-state index contributed by atoms with van der Waals surface area (Å²) in [5.74, 6) is 0.650. The molecule has 2 amide bonds. The summed E-state index contributed by atoms with van der Waals surface area (Å²) in [6.45, 7) is 0. The second-order valence-corrected chi connectivity index (χ2v) is 6.05. The maximum absolute atomic E-state index is 12.5. The molecule has 23 heavy (non-hydrogen) atoms. The molecule has 3 rings (SSSR count). The number of thioether (sulfide) groups is 1. The Bertz CT molecular complexity index is 749. The van der Waals surface area contributed by atoms with E-state index in [1.165, 1.54) is 0 Å². The average Bonchev–Trinajstić information content (AvgIpc) is 3.26. The predicted molar refractivity (Wildman–Crippen MR) is 87.9 cm³/mol. The first-order valence-electron chi connectivity index (χ1n) is 7.02. The molecule has 2 aromatic rings. The molecule has 0 bridgehead atoms. The van der Waals surface area contributed by atoms with E-state index >= 15 is 0 Å². The van der Waals surface area contributed by atoms with Crippen LogP contribution in [0.25, 0.3) is 0 Å². The highest BCUT2D eigenvalue weighted by atomic mass is 32.2. The van der Waals surface area contributed by atoms with Crippen molar-refractivity contribution in [2.24, 2.45) is 0 Å². The molecular weight excluding hydrogens is 312 g/mol. The fourth-order valence-electron chi connectivity index (χ4n) is 2.33. The Kier molecular flexibility index (Phi) is 4.35. The highest BCUT2D eigenvalue weighted by Gasteiger charge is 2.35. The average molecular weight is 326 g/mol. The van der Waals surface area contributed by atoms with E-state index in [0.29, 0.717) is 28.6 Å². The van der Waals surface area contributed by atoms with Crippen LogP contribution in [0.2, 0.25) is 0 Å². The quantitative estimate of drug-likeness (QED) is 0.903. The second-order valence-electron chi connectivity index (χ2n) is 5.05. The third-order valence-corrected chi connectivity index (χ3v) is 4.57. The third-order valence-electron chi connectivity index (χ3n) is 3.56. The first kappa shape index (κ1) is 15.2. The van der Waals surface area contributed by atoms with E-state index in [1.54, 1.807) is 59.3 Å². The summed E-state index contributed by atoms with van der Waals surface area (Å²) in [5, 5.41) is 11.6. The van der Waals surface area contributed by atoms with Crippen molar-refractivity contribution >= 4 is 29.3 Å². The van der Waals surface area contributed by atoms with Gasteiger partial charge in [-0.15, -0.1) is 11.8 Å². The topological polar surface area (TPSA) is 89.0 Å². The van der Waals surface area contributed by atoms with Crippen LogP contribution in [0.4, 0.5) is 5.69 Å². The van der Waals surface area contributed by atoms with Gasteiger partial charge in [0.1, 0.15) is 11.7 Å². The van der Waals surface area contributed by atoms with Crippen molar-refractivity contribution in [1.82, 2.24) is 9.88 Å². The largest absolute Gasteiger partial charge is 0.357 e. The van der Waals surface area contributed by atoms with E-state index < -0.39 is 6.04 Å². The zero-order valence-corrected chi connectivity index (χ0v) is 13.0. The van der Waals surface area contributed by atoms with Crippen LogP contribution in [0.3, 0.4) is 0 Å². The van der Waals surface area contributed by atoms with Crippen LogP contribution < -0.4 is 5.32 Å². The first-order valence-corrected chi connectivity index (χ1v) is 8.17. The number of nitrogens with one attached hydrogen (secondary N) is 2. The second kappa shape index (κ2) is 6.58. The smallest absolute Gasteiger partial charge is 0.271 e. The third kappa shape index (κ3) is 3.22. The summed E-state index contributed by atoms with van der Waals surface area (Å²) in [4.78, 5) is 29.3. The van der Waals surface area contributed by atoms with Gasteiger partial charge >= 0.3 is 0 Å². The number of nitriles is 1. The molecule has 7 heteroatoms. The van der Waals surface area contributed by atoms with Gasteiger partial charge in [-0.25, -0.2) is 0 Å². The molecule has 1 aromatic carbocycles. The molecule has 2 heterocycles. The van der Waals surface area contributed by atoms with Gasteiger partial charge in [0.05, 0.1) is 17.5 Å². The lowest BCUT2D eigenvalue weighted by atomic mass is 10.2. The van der Waals surface area contributed by atoms with Crippen molar-refractivity contribution in [2.45, 2.75) is 6.04 Å². The molecule has 1 atom stereocenters. The Hall–Kier alpha value is -2.72. The maximum Gasteiger partial charge on any atom is 0.271 e. The fraction of sp³-hybridized carbons (Fsp3) is 0.188. The van der Waals surface area contributed by atoms with Crippen LogP contribution in [0.15, 0.2) is 42.6 Å². The Labute approximate surface area is 137 Å². The van der Waals surface area contributed by atoms with Crippen LogP contribution in [-0.2, 0) is 4.79 Å². The number of nitrogens with zero attached hydrogens (tertiary/aromatic N) is 2. The van der Waals surface area contributed by atoms with Crippen LogP contribution in [0, 0.1) is 11.3 Å². The van der Waals surface area contributed by atoms with Crippen LogP contribution in [0.1, 0.15) is 16.1 Å². The minimum absolute atomic E-state index is 0.181. The molecular formula is C16H14N4O2S. The van der Waals surface area contributed by atoms with E-state index in [2.05, 4.69) is 10.3 Å². The first-order chi connectivity index (χ1) is 11.2. The number of amides is 2. The lowest BCUT2D eigenvalue weighted by molar-refractivity contribution is -0.119. The lowest BCUT2D eigenvalue weighted by Crippen LogP contribution is -2.44. The molecule has 0 saturated carbocycles. The van der Waals surface area contributed by atoms with Crippen molar-refractivity contribution in [3.8, 4) is 6.07 Å². The minimum Gasteiger partial charge on any atom is -0.357 e. The number of rotatable bonds is 3. The number of hydrogen-bond acceptors (Lipinski definition) is 4. The van der Waals surface area contributed by atoms with E-state index in [9.17, 15) is 9.59 Å². The highest BCUT2D eigenvalue weighted by Crippen LogP contribution is 2.24. The van der Waals surface area contributed by atoms with Crippen molar-refractivity contribution in [1.29, 1.82) is 5.26 Å². The van der Waals surface area contributed by atoms with Gasteiger partial charge in [-0.2, -0.15) is 5.26 Å². The van der Waals surface area contributed by atoms with E-state index in [4.69, 9.17) is 5.26 Å². The molecule has 1 aliphatic heterocycles. The van der Waals surface area contributed by atoms with E-state index in [1.807, 2.05) is 6.07 Å². The van der Waals surface area contributed by atoms with E-state index in [0.717, 1.165) is 0 Å². The number of H-pyrrole nitrogens is 1. The van der Waals surface area contributed by atoms with Crippen LogP contribution in [0.5, 0.6) is 0 Å². The van der Waals surface area contributed by atoms with Gasteiger partial charge in [0.15, 0.2) is 0 Å². The molecule has 0 unspecified atom stereocenters. The summed E-state index contributed by atoms with van der Waals surface area (Å²) in [6, 6.07) is 11.6. The Morgan fingerprint density at radius 1 is 1.30 bits per heavy atom. The summed E-state index contributed by atoms with van der Waals surface area (Å²) in [6.07, 6.45) is 1.68. The van der Waals surface area contributed by atoms with Gasteiger partial charge in [0.2, 0.25) is 5.91 Å². The van der Waals surface area contributed by atoms with Crippen molar-refractivity contribution in [3.05, 3.63) is 53.9 Å². The number of aromatic nitrogens is 1. The van der Waals surface area contributed by atoms with E-state index in [-0.39, 0.29) is 11.8 Å². The summed E-state index contributed by atoms with van der Waals surface area (Å²) in [7, 11) is 0. The number of aromatic amines is 1. The monoisotopic (exact) mass is 326 g/mol. The molecule has 6 nitrogen and oxygen atoms in total. The molecule has 1 fully saturated rings. The van der Waals surface area contributed by atoms with Gasteiger partial charge in [0, 0.05) is 17.6 Å². The Balaban J connectivity index is 1.70. The number of carbonyl (C=O) groups is 2. The SMILES string of the molecule is N#Cc1ccc(NC(=O)[C@@H]2CSCN2C(=O)c2ccc[nH]2)cc1. The Morgan fingerprint density at radius 3 is 2.74 bits per heavy atom. The minimum atomic E-state index is -0.508. The summed E-state index contributed by atoms with van der Waals surface area (Å²) in [5.41, 5.74) is 1.62. The van der Waals surface area contributed by atoms with Gasteiger partial charge < -0.3 is 15.2 Å². The molecule has 116 valence electrons. The molecule has 2 N–H and O–H groups in total. The van der Waals surface area contributed by atoms with Gasteiger partial charge in [-0.1, -0.05) is 0 Å². The van der Waals surface area contributed by atoms with Gasteiger partial charge in [-0.3, -0.25) is 9.59 Å². The van der Waals surface area contributed by atoms with Crippen molar-refractivity contribution in [2.75, 3.05) is 16.9 Å². The molecule has 1 aromatic heterocycles. The normalized spacial score (nSPS) is 16.8.